The van der Waals surface area contributed by atoms with Crippen molar-refractivity contribution in [3.63, 3.8) is 0 Å². The summed E-state index contributed by atoms with van der Waals surface area (Å²) in [7, 11) is 1.55. The van der Waals surface area contributed by atoms with Gasteiger partial charge in [-0.05, 0) is 42.8 Å². The zero-order chi connectivity index (χ0) is 20.8. The number of nitrogens with one attached hydrogen (secondary N) is 2. The van der Waals surface area contributed by atoms with Gasteiger partial charge in [0.1, 0.15) is 12.3 Å². The lowest BCUT2D eigenvalue weighted by Crippen LogP contribution is -2.15. The molecule has 1 heterocycles. The first-order valence-electron chi connectivity index (χ1n) is 8.43. The van der Waals surface area contributed by atoms with Crippen LogP contribution in [-0.2, 0) is 6.61 Å². The quantitative estimate of drug-likeness (QED) is 0.433. The van der Waals surface area contributed by atoms with Crippen molar-refractivity contribution >= 4 is 35.4 Å². The molecule has 150 valence electrons. The van der Waals surface area contributed by atoms with Crippen LogP contribution in [0.4, 0.5) is 5.95 Å². The first kappa shape index (κ1) is 20.6. The van der Waals surface area contributed by atoms with Crippen molar-refractivity contribution < 1.29 is 9.47 Å². The molecule has 10 heteroatoms. The fraction of sp³-hybridized carbons (Fsp3) is 0.158. The fourth-order valence-electron chi connectivity index (χ4n) is 2.29. The van der Waals surface area contributed by atoms with Gasteiger partial charge in [0.2, 0.25) is 5.95 Å². The third-order valence-corrected chi connectivity index (χ3v) is 4.42. The van der Waals surface area contributed by atoms with E-state index in [-0.39, 0.29) is 23.8 Å². The highest BCUT2D eigenvalue weighted by Crippen LogP contribution is 2.29. The highest BCUT2D eigenvalue weighted by atomic mass is 35.5. The van der Waals surface area contributed by atoms with Crippen molar-refractivity contribution in [2.45, 2.75) is 13.5 Å². The van der Waals surface area contributed by atoms with E-state index in [2.05, 4.69) is 25.7 Å². The Morgan fingerprint density at radius 3 is 2.72 bits per heavy atom. The summed E-state index contributed by atoms with van der Waals surface area (Å²) in [6.07, 6.45) is 1.54. The molecule has 0 atom stereocenters. The number of aryl methyl sites for hydroxylation is 1. The van der Waals surface area contributed by atoms with Crippen LogP contribution in [0.5, 0.6) is 11.5 Å². The van der Waals surface area contributed by atoms with Gasteiger partial charge in [-0.25, -0.2) is 5.43 Å². The lowest BCUT2D eigenvalue weighted by Gasteiger charge is -2.12. The molecule has 0 amide bonds. The Bertz CT molecular complexity index is 1100. The van der Waals surface area contributed by atoms with Crippen LogP contribution in [0.25, 0.3) is 0 Å². The van der Waals surface area contributed by atoms with Gasteiger partial charge in [0, 0.05) is 15.6 Å². The van der Waals surface area contributed by atoms with Crippen molar-refractivity contribution in [1.29, 1.82) is 0 Å². The Labute approximate surface area is 176 Å². The molecule has 0 aliphatic carbocycles. The number of aromatic amines is 1. The summed E-state index contributed by atoms with van der Waals surface area (Å²) in [6, 6.07) is 10.5. The van der Waals surface area contributed by atoms with Crippen LogP contribution in [0.2, 0.25) is 10.0 Å². The molecule has 2 aromatic carbocycles. The second kappa shape index (κ2) is 9.40. The first-order chi connectivity index (χ1) is 14.0. The van der Waals surface area contributed by atoms with Gasteiger partial charge in [0.25, 0.3) is 5.56 Å². The second-order valence-corrected chi connectivity index (χ2v) is 6.74. The number of hydrazone groups is 1. The second-order valence-electron chi connectivity index (χ2n) is 5.89. The number of halogens is 2. The molecule has 1 aromatic heterocycles. The maximum atomic E-state index is 11.5. The third kappa shape index (κ3) is 5.46. The minimum absolute atomic E-state index is 0.138. The number of H-pyrrole nitrogens is 1. The number of benzene rings is 2. The first-order valence-corrected chi connectivity index (χ1v) is 9.19. The molecule has 3 rings (SSSR count). The van der Waals surface area contributed by atoms with Crippen molar-refractivity contribution in [2.24, 2.45) is 5.10 Å². The zero-order valence-corrected chi connectivity index (χ0v) is 17.1. The molecule has 2 N–H and O–H groups in total. The molecule has 0 aliphatic heterocycles. The molecule has 0 saturated carbocycles. The van der Waals surface area contributed by atoms with Gasteiger partial charge < -0.3 is 9.47 Å². The average molecular weight is 434 g/mol. The van der Waals surface area contributed by atoms with Crippen LogP contribution in [0.15, 0.2) is 46.3 Å². The summed E-state index contributed by atoms with van der Waals surface area (Å²) in [5, 5.41) is 12.6. The van der Waals surface area contributed by atoms with E-state index in [1.54, 1.807) is 56.6 Å². The summed E-state index contributed by atoms with van der Waals surface area (Å²) < 4.78 is 11.2. The van der Waals surface area contributed by atoms with E-state index in [0.29, 0.717) is 21.5 Å². The highest BCUT2D eigenvalue weighted by molar-refractivity contribution is 6.35. The topological polar surface area (TPSA) is 101 Å². The minimum atomic E-state index is -0.335. The summed E-state index contributed by atoms with van der Waals surface area (Å²) in [6.45, 7) is 1.81. The maximum absolute atomic E-state index is 11.5. The van der Waals surface area contributed by atoms with Gasteiger partial charge in [-0.1, -0.05) is 29.3 Å². The summed E-state index contributed by atoms with van der Waals surface area (Å²) in [5.41, 5.74) is 4.09. The molecule has 3 aromatic rings. The lowest BCUT2D eigenvalue weighted by molar-refractivity contribution is 0.284. The van der Waals surface area contributed by atoms with E-state index in [1.807, 2.05) is 0 Å². The molecule has 0 saturated heterocycles. The molecule has 0 fully saturated rings. The highest BCUT2D eigenvalue weighted by Gasteiger charge is 2.08. The lowest BCUT2D eigenvalue weighted by atomic mass is 10.2. The number of nitrogens with zero attached hydrogens (tertiary/aromatic N) is 3. The maximum Gasteiger partial charge on any atom is 0.274 e. The number of ether oxygens (including phenoxy) is 2. The van der Waals surface area contributed by atoms with Gasteiger partial charge in [0.15, 0.2) is 11.5 Å². The number of hydrogen-bond acceptors (Lipinski definition) is 7. The van der Waals surface area contributed by atoms with Crippen molar-refractivity contribution in [3.8, 4) is 11.5 Å². The largest absolute Gasteiger partial charge is 0.493 e. The van der Waals surface area contributed by atoms with Gasteiger partial charge in [-0.3, -0.25) is 9.78 Å². The van der Waals surface area contributed by atoms with Gasteiger partial charge in [-0.15, -0.1) is 10.2 Å². The van der Waals surface area contributed by atoms with E-state index in [4.69, 9.17) is 32.7 Å². The normalized spacial score (nSPS) is 10.9. The summed E-state index contributed by atoms with van der Waals surface area (Å²) >= 11 is 12.1. The van der Waals surface area contributed by atoms with Gasteiger partial charge >= 0.3 is 0 Å². The molecule has 0 radical (unpaired) electrons. The number of methoxy groups -OCH3 is 1. The molecular weight excluding hydrogens is 417 g/mol. The van der Waals surface area contributed by atoms with Crippen LogP contribution in [-0.4, -0.2) is 28.5 Å². The molecule has 0 aliphatic rings. The predicted molar refractivity (Wildman–Crippen MR) is 112 cm³/mol. The van der Waals surface area contributed by atoms with Crippen LogP contribution in [0.1, 0.15) is 16.8 Å². The summed E-state index contributed by atoms with van der Waals surface area (Å²) in [4.78, 5) is 14.0. The zero-order valence-electron chi connectivity index (χ0n) is 15.6. The third-order valence-electron chi connectivity index (χ3n) is 3.83. The molecule has 29 heavy (non-hydrogen) atoms. The average Bonchev–Trinajstić information content (AvgIpc) is 2.70. The number of aromatic nitrogens is 3. The molecular formula is C19H17Cl2N5O3. The molecule has 0 bridgehead atoms. The van der Waals surface area contributed by atoms with Crippen LogP contribution in [0.3, 0.4) is 0 Å². The molecule has 0 unspecified atom stereocenters. The Morgan fingerprint density at radius 2 is 2.00 bits per heavy atom. The monoisotopic (exact) mass is 433 g/mol. The van der Waals surface area contributed by atoms with E-state index in [0.717, 1.165) is 11.1 Å². The Balaban J connectivity index is 1.72. The molecule has 8 nitrogen and oxygen atoms in total. The van der Waals surface area contributed by atoms with Gasteiger partial charge in [-0.2, -0.15) is 5.10 Å². The number of anilines is 1. The fourth-order valence-corrected chi connectivity index (χ4v) is 2.76. The Hall–Kier alpha value is -3.10. The van der Waals surface area contributed by atoms with Crippen LogP contribution >= 0.6 is 23.2 Å². The standard InChI is InChI=1S/C19H17Cl2N5O3/c1-11-18(27)23-19(26-24-11)25-22-9-12-3-6-16(28-2)17(7-12)29-10-13-4-5-14(20)8-15(13)21/h3-9H,10H2,1-2H3,(H2,23,25,26,27)/b22-9+. The van der Waals surface area contributed by atoms with E-state index in [9.17, 15) is 4.79 Å². The number of hydrogen-bond donors (Lipinski definition) is 2. The van der Waals surface area contributed by atoms with Crippen molar-refractivity contribution in [3.05, 3.63) is 73.6 Å². The SMILES string of the molecule is COc1ccc(/C=N/Nc2nnc(C)c(=O)[nH]2)cc1OCc1ccc(Cl)cc1Cl. The van der Waals surface area contributed by atoms with Crippen LogP contribution < -0.4 is 20.5 Å². The van der Waals surface area contributed by atoms with Crippen molar-refractivity contribution in [2.75, 3.05) is 12.5 Å². The minimum Gasteiger partial charge on any atom is -0.493 e. The van der Waals surface area contributed by atoms with E-state index < -0.39 is 0 Å². The van der Waals surface area contributed by atoms with Crippen molar-refractivity contribution in [1.82, 2.24) is 15.2 Å². The Morgan fingerprint density at radius 1 is 1.17 bits per heavy atom. The smallest absolute Gasteiger partial charge is 0.274 e. The predicted octanol–water partition coefficient (Wildman–Crippen LogP) is 3.81. The van der Waals surface area contributed by atoms with E-state index in [1.165, 1.54) is 0 Å². The summed E-state index contributed by atoms with van der Waals surface area (Å²) in [5.74, 6) is 1.22. The Kier molecular flexibility index (Phi) is 6.69. The number of rotatable bonds is 7. The van der Waals surface area contributed by atoms with Crippen LogP contribution in [0, 0.1) is 6.92 Å². The van der Waals surface area contributed by atoms with Gasteiger partial charge in [0.05, 0.1) is 13.3 Å². The van der Waals surface area contributed by atoms with E-state index >= 15 is 0 Å². The molecule has 0 spiro atoms.